The fraction of sp³-hybridized carbons (Fsp3) is 0.900. The van der Waals surface area contributed by atoms with Gasteiger partial charge in [-0.2, -0.15) is 0 Å². The lowest BCUT2D eigenvalue weighted by Crippen LogP contribution is -2.52. The monoisotopic (exact) mass is 279 g/mol. The Morgan fingerprint density at radius 2 is 2.18 bits per heavy atom. The van der Waals surface area contributed by atoms with Crippen LogP contribution >= 0.6 is 12.2 Å². The lowest BCUT2D eigenvalue weighted by atomic mass is 9.95. The normalized spacial score (nSPS) is 28.9. The molecule has 0 radical (unpaired) electrons. The average molecular weight is 279 g/mol. The van der Waals surface area contributed by atoms with Gasteiger partial charge in [0, 0.05) is 12.6 Å². The van der Waals surface area contributed by atoms with Crippen molar-refractivity contribution in [2.24, 2.45) is 11.7 Å². The van der Waals surface area contributed by atoms with E-state index >= 15 is 0 Å². The number of hydrogen-bond donors (Lipinski definition) is 2. The van der Waals surface area contributed by atoms with Crippen LogP contribution in [0.1, 0.15) is 20.3 Å². The summed E-state index contributed by atoms with van der Waals surface area (Å²) in [5, 5.41) is -0.815. The van der Waals surface area contributed by atoms with E-state index in [4.69, 9.17) is 18.0 Å². The van der Waals surface area contributed by atoms with Crippen LogP contribution in [-0.2, 0) is 10.0 Å². The largest absolute Gasteiger partial charge is 0.392 e. The van der Waals surface area contributed by atoms with Crippen molar-refractivity contribution >= 4 is 27.2 Å². The Labute approximate surface area is 109 Å². The molecular formula is C10H21N3O2S2. The van der Waals surface area contributed by atoms with Gasteiger partial charge in [0.05, 0.1) is 4.99 Å². The van der Waals surface area contributed by atoms with Gasteiger partial charge in [-0.05, 0) is 32.9 Å². The molecule has 100 valence electrons. The predicted molar refractivity (Wildman–Crippen MR) is 73.4 cm³/mol. The Balaban J connectivity index is 2.68. The maximum Gasteiger partial charge on any atom is 0.220 e. The second-order valence-electron chi connectivity index (χ2n) is 4.84. The molecule has 0 saturated carbocycles. The summed E-state index contributed by atoms with van der Waals surface area (Å²) in [4.78, 5) is 2.21. The molecule has 1 aliphatic rings. The van der Waals surface area contributed by atoms with Gasteiger partial charge in [-0.1, -0.05) is 19.1 Å². The molecule has 1 aliphatic heterocycles. The summed E-state index contributed by atoms with van der Waals surface area (Å²) in [5.41, 5.74) is 5.39. The van der Waals surface area contributed by atoms with Crippen molar-refractivity contribution in [2.75, 3.05) is 20.1 Å². The zero-order valence-electron chi connectivity index (χ0n) is 10.5. The number of hydrogen-bond acceptors (Lipinski definition) is 4. The lowest BCUT2D eigenvalue weighted by molar-refractivity contribution is 0.188. The van der Waals surface area contributed by atoms with Crippen molar-refractivity contribution in [3.05, 3.63) is 0 Å². The molecule has 1 fully saturated rings. The first-order chi connectivity index (χ1) is 7.74. The molecule has 0 aromatic rings. The Kier molecular flexibility index (Phi) is 4.88. The number of piperidine rings is 1. The zero-order valence-corrected chi connectivity index (χ0v) is 12.1. The topological polar surface area (TPSA) is 75.4 Å². The molecule has 7 heteroatoms. The van der Waals surface area contributed by atoms with Crippen LogP contribution in [0.3, 0.4) is 0 Å². The molecule has 1 saturated heterocycles. The van der Waals surface area contributed by atoms with Crippen LogP contribution in [-0.4, -0.2) is 49.7 Å². The van der Waals surface area contributed by atoms with Gasteiger partial charge in [0.1, 0.15) is 5.25 Å². The highest BCUT2D eigenvalue weighted by atomic mass is 32.2. The first-order valence-corrected chi connectivity index (χ1v) is 7.68. The number of rotatable bonds is 4. The predicted octanol–water partition coefficient (Wildman–Crippen LogP) is -0.0794. The summed E-state index contributed by atoms with van der Waals surface area (Å²) in [6, 6.07) is -0.0204. The van der Waals surface area contributed by atoms with E-state index in [1.165, 1.54) is 6.92 Å². The Hall–Kier alpha value is -0.240. The molecular weight excluding hydrogens is 258 g/mol. The first-order valence-electron chi connectivity index (χ1n) is 5.73. The van der Waals surface area contributed by atoms with Crippen LogP contribution in [0, 0.1) is 5.92 Å². The number of nitrogens with zero attached hydrogens (tertiary/aromatic N) is 1. The van der Waals surface area contributed by atoms with E-state index < -0.39 is 15.3 Å². The van der Waals surface area contributed by atoms with Crippen molar-refractivity contribution in [3.63, 3.8) is 0 Å². The van der Waals surface area contributed by atoms with Crippen LogP contribution in [0.4, 0.5) is 0 Å². The number of likely N-dealkylation sites (tertiary alicyclic amines) is 1. The summed E-state index contributed by atoms with van der Waals surface area (Å²) < 4.78 is 26.7. The number of thiocarbonyl (C=S) groups is 1. The minimum Gasteiger partial charge on any atom is -0.392 e. The van der Waals surface area contributed by atoms with E-state index in [2.05, 4.69) is 9.62 Å². The molecule has 17 heavy (non-hydrogen) atoms. The summed E-state index contributed by atoms with van der Waals surface area (Å²) >= 11 is 4.73. The molecule has 0 aromatic carbocycles. The quantitative estimate of drug-likeness (QED) is 0.704. The maximum atomic E-state index is 12.0. The van der Waals surface area contributed by atoms with E-state index in [-0.39, 0.29) is 11.0 Å². The van der Waals surface area contributed by atoms with E-state index in [1.54, 1.807) is 0 Å². The molecule has 3 N–H and O–H groups in total. The SMILES string of the molecule is CC1CN(C)CCC1NS(=O)(=O)C(C)C(N)=S. The molecule has 0 amide bonds. The minimum absolute atomic E-state index is 0.0121. The van der Waals surface area contributed by atoms with Crippen LogP contribution in [0.5, 0.6) is 0 Å². The Bertz CT molecular complexity index is 383. The standard InChI is InChI=1S/C10H21N3O2S2/c1-7-6-13(3)5-4-9(7)12-17(14,15)8(2)10(11)16/h7-9,12H,4-6H2,1-3H3,(H2,11,16). The smallest absolute Gasteiger partial charge is 0.220 e. The molecule has 5 nitrogen and oxygen atoms in total. The van der Waals surface area contributed by atoms with Gasteiger partial charge < -0.3 is 10.6 Å². The Morgan fingerprint density at radius 1 is 1.59 bits per heavy atom. The fourth-order valence-electron chi connectivity index (χ4n) is 2.00. The van der Waals surface area contributed by atoms with Crippen LogP contribution in [0.15, 0.2) is 0 Å². The van der Waals surface area contributed by atoms with Gasteiger partial charge in [-0.3, -0.25) is 0 Å². The van der Waals surface area contributed by atoms with Gasteiger partial charge >= 0.3 is 0 Å². The summed E-state index contributed by atoms with van der Waals surface area (Å²) in [6.45, 7) is 5.37. The second kappa shape index (κ2) is 5.60. The molecule has 0 bridgehead atoms. The van der Waals surface area contributed by atoms with Gasteiger partial charge in [0.25, 0.3) is 0 Å². The van der Waals surface area contributed by atoms with E-state index in [9.17, 15) is 8.42 Å². The molecule has 0 aliphatic carbocycles. The third-order valence-corrected chi connectivity index (χ3v) is 5.61. The van der Waals surface area contributed by atoms with Crippen molar-refractivity contribution in [3.8, 4) is 0 Å². The molecule has 0 spiro atoms. The van der Waals surface area contributed by atoms with Crippen molar-refractivity contribution in [1.29, 1.82) is 0 Å². The number of sulfonamides is 1. The second-order valence-corrected chi connectivity index (χ2v) is 7.35. The third kappa shape index (κ3) is 3.87. The first kappa shape index (κ1) is 14.8. The summed E-state index contributed by atoms with van der Waals surface area (Å²) in [5.74, 6) is 0.294. The summed E-state index contributed by atoms with van der Waals surface area (Å²) in [6.07, 6.45) is 0.820. The highest BCUT2D eigenvalue weighted by Gasteiger charge is 2.31. The highest BCUT2D eigenvalue weighted by molar-refractivity contribution is 7.93. The van der Waals surface area contributed by atoms with Crippen LogP contribution in [0.25, 0.3) is 0 Å². The molecule has 3 atom stereocenters. The lowest BCUT2D eigenvalue weighted by Gasteiger charge is -2.35. The van der Waals surface area contributed by atoms with Gasteiger partial charge in [-0.15, -0.1) is 0 Å². The van der Waals surface area contributed by atoms with E-state index in [1.807, 2.05) is 14.0 Å². The highest BCUT2D eigenvalue weighted by Crippen LogP contribution is 2.17. The van der Waals surface area contributed by atoms with Gasteiger partial charge in [-0.25, -0.2) is 13.1 Å². The average Bonchev–Trinajstić information content (AvgIpc) is 2.21. The number of nitrogens with two attached hydrogens (primary N) is 1. The van der Waals surface area contributed by atoms with E-state index in [0.29, 0.717) is 5.92 Å². The van der Waals surface area contributed by atoms with Crippen LogP contribution < -0.4 is 10.5 Å². The fourth-order valence-corrected chi connectivity index (χ4v) is 3.66. The molecule has 1 heterocycles. The summed E-state index contributed by atoms with van der Waals surface area (Å²) in [7, 11) is -1.40. The zero-order chi connectivity index (χ0) is 13.2. The van der Waals surface area contributed by atoms with Crippen LogP contribution in [0.2, 0.25) is 0 Å². The molecule has 1 rings (SSSR count). The van der Waals surface area contributed by atoms with E-state index in [0.717, 1.165) is 19.5 Å². The maximum absolute atomic E-state index is 12.0. The number of nitrogens with one attached hydrogen (secondary N) is 1. The van der Waals surface area contributed by atoms with Gasteiger partial charge in [0.2, 0.25) is 10.0 Å². The minimum atomic E-state index is -3.44. The third-order valence-electron chi connectivity index (χ3n) is 3.29. The Morgan fingerprint density at radius 3 is 2.65 bits per heavy atom. The van der Waals surface area contributed by atoms with Crippen molar-refractivity contribution < 1.29 is 8.42 Å². The van der Waals surface area contributed by atoms with Crippen molar-refractivity contribution in [1.82, 2.24) is 9.62 Å². The van der Waals surface area contributed by atoms with Crippen molar-refractivity contribution in [2.45, 2.75) is 31.6 Å². The molecule has 3 unspecified atom stereocenters. The molecule has 0 aromatic heterocycles. The van der Waals surface area contributed by atoms with Gasteiger partial charge in [0.15, 0.2) is 0 Å².